The molecule has 0 aromatic rings. The summed E-state index contributed by atoms with van der Waals surface area (Å²) in [6, 6.07) is 0. The van der Waals surface area contributed by atoms with Crippen LogP contribution in [0.5, 0.6) is 0 Å². The van der Waals surface area contributed by atoms with Crippen molar-refractivity contribution in [2.24, 2.45) is 0 Å². The number of carboxylic acid groups (broad SMARTS) is 1. The Hall–Kier alpha value is -0.850. The van der Waals surface area contributed by atoms with E-state index in [2.05, 4.69) is 12.2 Å². The Bertz CT molecular complexity index is 332. The highest BCUT2D eigenvalue weighted by atomic mass is 17.2. The quantitative estimate of drug-likeness (QED) is 0.115. The fraction of sp³-hybridized carbons (Fsp3) is 0.952. The zero-order chi connectivity index (χ0) is 23.4. The van der Waals surface area contributed by atoms with Crippen LogP contribution in [0.25, 0.3) is 0 Å². The summed E-state index contributed by atoms with van der Waals surface area (Å²) in [7, 11) is 0. The maximum atomic E-state index is 10.3. The summed E-state index contributed by atoms with van der Waals surface area (Å²) in [6.07, 6.45) is 13.7. The summed E-state index contributed by atoms with van der Waals surface area (Å²) in [6.45, 7) is 3.32. The summed E-state index contributed by atoms with van der Waals surface area (Å²) < 4.78 is 0. The minimum Gasteiger partial charge on any atom is -0.481 e. The van der Waals surface area contributed by atoms with Crippen molar-refractivity contribution in [1.29, 1.82) is 0 Å². The average Bonchev–Trinajstić information content (AvgIpc) is 2.76. The van der Waals surface area contributed by atoms with E-state index in [9.17, 15) is 4.79 Å². The Morgan fingerprint density at radius 2 is 1.13 bits per heavy atom. The van der Waals surface area contributed by atoms with Crippen LogP contribution in [0.1, 0.15) is 77.6 Å². The minimum absolute atomic E-state index is 0.0108. The summed E-state index contributed by atoms with van der Waals surface area (Å²) in [4.78, 5) is 24.4. The molecule has 0 saturated carbocycles. The van der Waals surface area contributed by atoms with Crippen molar-refractivity contribution in [2.75, 3.05) is 52.7 Å². The molecule has 0 fully saturated rings. The third kappa shape index (κ3) is 31.4. The van der Waals surface area contributed by atoms with E-state index in [1.54, 1.807) is 0 Å². The average molecular weight is 455 g/mol. The van der Waals surface area contributed by atoms with Crippen LogP contribution in [-0.2, 0) is 19.3 Å². The molecule has 0 spiro atoms. The lowest BCUT2D eigenvalue weighted by atomic mass is 10.1. The van der Waals surface area contributed by atoms with Gasteiger partial charge in [-0.2, -0.15) is 0 Å². The van der Waals surface area contributed by atoms with E-state index >= 15 is 0 Å². The number of hydrogen-bond acceptors (Lipinski definition) is 9. The van der Waals surface area contributed by atoms with Crippen molar-refractivity contribution in [3.8, 4) is 0 Å². The lowest BCUT2D eigenvalue weighted by Gasteiger charge is -2.17. The highest BCUT2D eigenvalue weighted by Crippen LogP contribution is 2.10. The van der Waals surface area contributed by atoms with Gasteiger partial charge >= 0.3 is 5.97 Å². The van der Waals surface area contributed by atoms with E-state index in [-0.39, 0.29) is 46.1 Å². The highest BCUT2D eigenvalue weighted by molar-refractivity contribution is 5.66. The number of aliphatic carboxylic acids is 1. The molecule has 0 aromatic carbocycles. The van der Waals surface area contributed by atoms with Crippen molar-refractivity contribution >= 4 is 5.97 Å². The fourth-order valence-corrected chi connectivity index (χ4v) is 2.52. The Balaban J connectivity index is 0. The second-order valence-corrected chi connectivity index (χ2v) is 6.97. The SMILES string of the molecule is CCCCCCCCCCCCNCCC(=O)O.OCCON(OCCO)OCCO. The van der Waals surface area contributed by atoms with Gasteiger partial charge in [0.1, 0.15) is 0 Å². The largest absolute Gasteiger partial charge is 0.481 e. The summed E-state index contributed by atoms with van der Waals surface area (Å²) in [5.41, 5.74) is 0. The molecule has 5 N–H and O–H groups in total. The van der Waals surface area contributed by atoms with Gasteiger partial charge in [0.05, 0.1) is 51.5 Å². The number of aliphatic hydroxyl groups is 3. The molecule has 0 saturated heterocycles. The van der Waals surface area contributed by atoms with Gasteiger partial charge in [-0.15, -0.1) is 0 Å². The lowest BCUT2D eigenvalue weighted by molar-refractivity contribution is -0.527. The number of nitrogens with one attached hydrogen (secondary N) is 1. The van der Waals surface area contributed by atoms with Gasteiger partial charge in [-0.1, -0.05) is 64.7 Å². The number of rotatable bonds is 23. The molecule has 0 bridgehead atoms. The molecule has 0 aliphatic carbocycles. The third-order valence-electron chi connectivity index (χ3n) is 4.09. The standard InChI is InChI=1S/C15H31NO2.C6H15NO6/c1-2-3-4-5-6-7-8-9-10-11-13-16-14-12-15(17)18;8-1-4-11-7(12-5-2-9)13-6-3-10/h16H,2-14H2,1H3,(H,17,18);8-10H,1-6H2. The predicted octanol–water partition coefficient (Wildman–Crippen LogP) is 2.03. The minimum atomic E-state index is -0.717. The first-order valence-electron chi connectivity index (χ1n) is 11.6. The Morgan fingerprint density at radius 3 is 1.52 bits per heavy atom. The van der Waals surface area contributed by atoms with Crippen molar-refractivity contribution < 1.29 is 39.7 Å². The Morgan fingerprint density at radius 1 is 0.710 bits per heavy atom. The first-order valence-corrected chi connectivity index (χ1v) is 11.6. The van der Waals surface area contributed by atoms with E-state index in [1.165, 1.54) is 64.2 Å². The van der Waals surface area contributed by atoms with E-state index in [0.29, 0.717) is 11.9 Å². The van der Waals surface area contributed by atoms with Crippen LogP contribution in [0, 0.1) is 0 Å². The van der Waals surface area contributed by atoms with Gasteiger partial charge < -0.3 is 25.7 Å². The summed E-state index contributed by atoms with van der Waals surface area (Å²) >= 11 is 0. The second kappa shape index (κ2) is 29.1. The van der Waals surface area contributed by atoms with Crippen LogP contribution in [0.4, 0.5) is 0 Å². The van der Waals surface area contributed by atoms with Crippen molar-refractivity contribution in [2.45, 2.75) is 77.6 Å². The van der Waals surface area contributed by atoms with Crippen LogP contribution in [-0.4, -0.2) is 84.5 Å². The molecule has 188 valence electrons. The molecular formula is C21H46N2O8. The maximum absolute atomic E-state index is 10.3. The number of carbonyl (C=O) groups is 1. The zero-order valence-corrected chi connectivity index (χ0v) is 19.3. The topological polar surface area (TPSA) is 141 Å². The smallest absolute Gasteiger partial charge is 0.304 e. The first-order chi connectivity index (χ1) is 15.1. The molecule has 0 aliphatic rings. The van der Waals surface area contributed by atoms with Gasteiger partial charge in [0, 0.05) is 6.54 Å². The van der Waals surface area contributed by atoms with Crippen LogP contribution in [0.3, 0.4) is 0 Å². The normalized spacial score (nSPS) is 10.9. The maximum Gasteiger partial charge on any atom is 0.304 e. The number of nitrogens with zero attached hydrogens (tertiary/aromatic N) is 1. The second-order valence-electron chi connectivity index (χ2n) is 6.97. The third-order valence-corrected chi connectivity index (χ3v) is 4.09. The highest BCUT2D eigenvalue weighted by Gasteiger charge is 2.05. The van der Waals surface area contributed by atoms with Crippen LogP contribution < -0.4 is 5.32 Å². The van der Waals surface area contributed by atoms with Crippen molar-refractivity contribution in [3.05, 3.63) is 0 Å². The van der Waals surface area contributed by atoms with Crippen molar-refractivity contribution in [3.63, 3.8) is 0 Å². The van der Waals surface area contributed by atoms with Crippen LogP contribution in [0.15, 0.2) is 0 Å². The molecule has 0 atom stereocenters. The van der Waals surface area contributed by atoms with Crippen molar-refractivity contribution in [1.82, 2.24) is 10.7 Å². The number of carboxylic acids is 1. The Labute approximate surface area is 187 Å². The predicted molar refractivity (Wildman–Crippen MR) is 118 cm³/mol. The van der Waals surface area contributed by atoms with E-state index in [4.69, 9.17) is 34.9 Å². The number of hydrogen-bond donors (Lipinski definition) is 5. The molecule has 31 heavy (non-hydrogen) atoms. The molecule has 0 heterocycles. The molecule has 10 nitrogen and oxygen atoms in total. The van der Waals surface area contributed by atoms with E-state index in [1.807, 2.05) is 0 Å². The zero-order valence-electron chi connectivity index (χ0n) is 19.3. The molecule has 0 rings (SSSR count). The fourth-order valence-electron chi connectivity index (χ4n) is 2.52. The number of unbranched alkanes of at least 4 members (excludes halogenated alkanes) is 9. The Kier molecular flexibility index (Phi) is 30.4. The van der Waals surface area contributed by atoms with Gasteiger partial charge in [0.2, 0.25) is 0 Å². The van der Waals surface area contributed by atoms with Crippen LogP contribution >= 0.6 is 0 Å². The van der Waals surface area contributed by atoms with Gasteiger partial charge in [0.15, 0.2) is 0 Å². The van der Waals surface area contributed by atoms with Gasteiger partial charge in [-0.3, -0.25) is 4.79 Å². The first kappa shape index (κ1) is 32.3. The molecule has 0 radical (unpaired) electrons. The molecule has 0 unspecified atom stereocenters. The molecule has 10 heteroatoms. The molecular weight excluding hydrogens is 408 g/mol. The van der Waals surface area contributed by atoms with Crippen LogP contribution in [0.2, 0.25) is 0 Å². The van der Waals surface area contributed by atoms with E-state index in [0.717, 1.165) is 6.54 Å². The number of aliphatic hydroxyl groups excluding tert-OH is 3. The monoisotopic (exact) mass is 454 g/mol. The lowest BCUT2D eigenvalue weighted by Crippen LogP contribution is -2.28. The van der Waals surface area contributed by atoms with Gasteiger partial charge in [-0.05, 0) is 13.0 Å². The summed E-state index contributed by atoms with van der Waals surface area (Å²) in [5, 5.41) is 37.5. The summed E-state index contributed by atoms with van der Waals surface area (Å²) in [5.74, 6) is -0.717. The molecule has 0 amide bonds. The van der Waals surface area contributed by atoms with Gasteiger partial charge in [-0.25, -0.2) is 14.5 Å². The van der Waals surface area contributed by atoms with Gasteiger partial charge in [0.25, 0.3) is 0 Å². The molecule has 0 aromatic heterocycles. The van der Waals surface area contributed by atoms with E-state index < -0.39 is 5.97 Å². The molecule has 0 aliphatic heterocycles.